The van der Waals surface area contributed by atoms with Crippen molar-refractivity contribution in [3.63, 3.8) is 0 Å². The lowest BCUT2D eigenvalue weighted by Crippen LogP contribution is -2.23. The van der Waals surface area contributed by atoms with Crippen LogP contribution in [0.3, 0.4) is 0 Å². The lowest BCUT2D eigenvalue weighted by Gasteiger charge is -2.09. The van der Waals surface area contributed by atoms with E-state index in [2.05, 4.69) is 5.32 Å². The quantitative estimate of drug-likeness (QED) is 0.660. The zero-order valence-corrected chi connectivity index (χ0v) is 12.0. The maximum Gasteiger partial charge on any atom is 0.416 e. The van der Waals surface area contributed by atoms with E-state index in [1.807, 2.05) is 0 Å². The van der Waals surface area contributed by atoms with Crippen LogP contribution in [0.1, 0.15) is 21.5 Å². The molecule has 0 aliphatic rings. The van der Waals surface area contributed by atoms with Crippen molar-refractivity contribution in [2.75, 3.05) is 0 Å². The lowest BCUT2D eigenvalue weighted by atomic mass is 10.1. The number of rotatable bonds is 4. The fourth-order valence-electron chi connectivity index (χ4n) is 1.92. The molecule has 1 amide bonds. The van der Waals surface area contributed by atoms with Crippen molar-refractivity contribution >= 4 is 11.6 Å². The number of halogens is 3. The summed E-state index contributed by atoms with van der Waals surface area (Å²) in [5.41, 5.74) is -1.03. The average Bonchev–Trinajstić information content (AvgIpc) is 2.52. The van der Waals surface area contributed by atoms with E-state index in [0.717, 1.165) is 42.5 Å². The Bertz CT molecular complexity index is 773. The maximum atomic E-state index is 12.5. The number of benzene rings is 2. The number of aromatic hydroxyl groups is 1. The van der Waals surface area contributed by atoms with Gasteiger partial charge in [-0.3, -0.25) is 14.9 Å². The second-order valence-electron chi connectivity index (χ2n) is 4.83. The van der Waals surface area contributed by atoms with Crippen molar-refractivity contribution in [3.05, 3.63) is 69.3 Å². The molecule has 0 aromatic heterocycles. The monoisotopic (exact) mass is 340 g/mol. The third kappa shape index (κ3) is 4.00. The van der Waals surface area contributed by atoms with Gasteiger partial charge >= 0.3 is 6.18 Å². The van der Waals surface area contributed by atoms with Crippen LogP contribution in [0.4, 0.5) is 18.9 Å². The molecule has 2 rings (SSSR count). The van der Waals surface area contributed by atoms with Gasteiger partial charge in [-0.05, 0) is 30.3 Å². The van der Waals surface area contributed by atoms with Crippen molar-refractivity contribution in [3.8, 4) is 5.75 Å². The van der Waals surface area contributed by atoms with Gasteiger partial charge in [-0.2, -0.15) is 13.2 Å². The summed E-state index contributed by atoms with van der Waals surface area (Å²) in [6, 6.07) is 6.92. The molecule has 2 aromatic rings. The van der Waals surface area contributed by atoms with Crippen LogP contribution in [0.5, 0.6) is 5.75 Å². The molecule has 0 radical (unpaired) electrons. The molecule has 0 aliphatic carbocycles. The Labute approximate surface area is 133 Å². The number of nitro groups is 1. The van der Waals surface area contributed by atoms with Crippen LogP contribution in [-0.2, 0) is 12.7 Å². The lowest BCUT2D eigenvalue weighted by molar-refractivity contribution is -0.384. The standard InChI is InChI=1S/C15H11F3N2O4/c16-15(17,18)11-3-1-9(2-4-11)14(22)19-8-10-7-12(20(23)24)5-6-13(10)21/h1-7,21H,8H2,(H,19,22). The van der Waals surface area contributed by atoms with Crippen LogP contribution >= 0.6 is 0 Å². The molecule has 126 valence electrons. The highest BCUT2D eigenvalue weighted by Crippen LogP contribution is 2.29. The molecule has 0 bridgehead atoms. The molecule has 0 heterocycles. The predicted octanol–water partition coefficient (Wildman–Crippen LogP) is 3.25. The summed E-state index contributed by atoms with van der Waals surface area (Å²) in [6.45, 7) is -0.215. The highest BCUT2D eigenvalue weighted by Gasteiger charge is 2.30. The molecule has 0 spiro atoms. The Morgan fingerprint density at radius 2 is 1.79 bits per heavy atom. The summed E-state index contributed by atoms with van der Waals surface area (Å²) in [7, 11) is 0. The molecule has 9 heteroatoms. The molecule has 0 saturated carbocycles. The fraction of sp³-hybridized carbons (Fsp3) is 0.133. The first-order valence-corrected chi connectivity index (χ1v) is 6.60. The van der Waals surface area contributed by atoms with Gasteiger partial charge in [0.25, 0.3) is 11.6 Å². The Balaban J connectivity index is 2.08. The number of hydrogen-bond acceptors (Lipinski definition) is 4. The summed E-state index contributed by atoms with van der Waals surface area (Å²) in [4.78, 5) is 21.9. The van der Waals surface area contributed by atoms with Gasteiger partial charge in [-0.1, -0.05) is 0 Å². The predicted molar refractivity (Wildman–Crippen MR) is 77.4 cm³/mol. The topological polar surface area (TPSA) is 92.5 Å². The Hall–Kier alpha value is -3.10. The number of carbonyl (C=O) groups excluding carboxylic acids is 1. The highest BCUT2D eigenvalue weighted by atomic mass is 19.4. The molecule has 0 fully saturated rings. The summed E-state index contributed by atoms with van der Waals surface area (Å²) in [5, 5.41) is 22.7. The zero-order chi connectivity index (χ0) is 17.9. The van der Waals surface area contributed by atoms with E-state index in [0.29, 0.717) is 0 Å². The third-order valence-electron chi connectivity index (χ3n) is 3.19. The molecule has 2 aromatic carbocycles. The van der Waals surface area contributed by atoms with Crippen molar-refractivity contribution in [2.24, 2.45) is 0 Å². The first-order chi connectivity index (χ1) is 11.2. The maximum absolute atomic E-state index is 12.5. The number of amides is 1. The molecule has 0 atom stereocenters. The van der Waals surface area contributed by atoms with E-state index in [4.69, 9.17) is 0 Å². The molecular formula is C15H11F3N2O4. The van der Waals surface area contributed by atoms with E-state index < -0.39 is 22.6 Å². The van der Waals surface area contributed by atoms with Gasteiger partial charge in [0.1, 0.15) is 5.75 Å². The van der Waals surface area contributed by atoms with Gasteiger partial charge in [0, 0.05) is 29.8 Å². The van der Waals surface area contributed by atoms with Gasteiger partial charge in [0.2, 0.25) is 0 Å². The van der Waals surface area contributed by atoms with E-state index >= 15 is 0 Å². The zero-order valence-electron chi connectivity index (χ0n) is 12.0. The molecule has 24 heavy (non-hydrogen) atoms. The summed E-state index contributed by atoms with van der Waals surface area (Å²) in [5.74, 6) is -0.914. The van der Waals surface area contributed by atoms with E-state index in [-0.39, 0.29) is 29.1 Å². The summed E-state index contributed by atoms with van der Waals surface area (Å²) >= 11 is 0. The first-order valence-electron chi connectivity index (χ1n) is 6.60. The van der Waals surface area contributed by atoms with Crippen LogP contribution in [0.15, 0.2) is 42.5 Å². The van der Waals surface area contributed by atoms with Gasteiger partial charge in [-0.15, -0.1) is 0 Å². The second-order valence-corrected chi connectivity index (χ2v) is 4.83. The van der Waals surface area contributed by atoms with Crippen molar-refractivity contribution in [2.45, 2.75) is 12.7 Å². The van der Waals surface area contributed by atoms with Crippen LogP contribution in [0.2, 0.25) is 0 Å². The molecule has 2 N–H and O–H groups in total. The fourth-order valence-corrected chi connectivity index (χ4v) is 1.92. The van der Waals surface area contributed by atoms with Crippen molar-refractivity contribution < 1.29 is 28.0 Å². The van der Waals surface area contributed by atoms with E-state index in [1.54, 1.807) is 0 Å². The van der Waals surface area contributed by atoms with Crippen molar-refractivity contribution in [1.29, 1.82) is 0 Å². The van der Waals surface area contributed by atoms with Crippen LogP contribution in [0, 0.1) is 10.1 Å². The highest BCUT2D eigenvalue weighted by molar-refractivity contribution is 5.94. The Kier molecular flexibility index (Phi) is 4.72. The smallest absolute Gasteiger partial charge is 0.416 e. The van der Waals surface area contributed by atoms with E-state index in [1.165, 1.54) is 0 Å². The number of phenols is 1. The number of nitrogens with one attached hydrogen (secondary N) is 1. The van der Waals surface area contributed by atoms with E-state index in [9.17, 15) is 33.2 Å². The van der Waals surface area contributed by atoms with Gasteiger partial charge in [-0.25, -0.2) is 0 Å². The first kappa shape index (κ1) is 17.3. The SMILES string of the molecule is O=C(NCc1cc([N+](=O)[O-])ccc1O)c1ccc(C(F)(F)F)cc1. The van der Waals surface area contributed by atoms with Gasteiger partial charge in [0.15, 0.2) is 0 Å². The number of nitro benzene ring substituents is 1. The van der Waals surface area contributed by atoms with Gasteiger partial charge in [0.05, 0.1) is 10.5 Å². The molecular weight excluding hydrogens is 329 g/mol. The molecule has 0 unspecified atom stereocenters. The minimum absolute atomic E-state index is 0.00655. The number of nitrogens with zero attached hydrogens (tertiary/aromatic N) is 1. The number of hydrogen-bond donors (Lipinski definition) is 2. The largest absolute Gasteiger partial charge is 0.508 e. The minimum atomic E-state index is -4.50. The van der Waals surface area contributed by atoms with Gasteiger partial charge < -0.3 is 10.4 Å². The molecule has 0 aliphatic heterocycles. The minimum Gasteiger partial charge on any atom is -0.508 e. The number of alkyl halides is 3. The van der Waals surface area contributed by atoms with Crippen LogP contribution < -0.4 is 5.32 Å². The summed E-state index contributed by atoms with van der Waals surface area (Å²) < 4.78 is 37.4. The number of non-ortho nitro benzene ring substituents is 1. The number of phenolic OH excluding ortho intramolecular Hbond substituents is 1. The van der Waals surface area contributed by atoms with Crippen LogP contribution in [0.25, 0.3) is 0 Å². The van der Waals surface area contributed by atoms with Crippen molar-refractivity contribution in [1.82, 2.24) is 5.32 Å². The Morgan fingerprint density at radius 1 is 1.17 bits per heavy atom. The number of carbonyl (C=O) groups is 1. The normalized spacial score (nSPS) is 11.1. The average molecular weight is 340 g/mol. The third-order valence-corrected chi connectivity index (χ3v) is 3.19. The molecule has 0 saturated heterocycles. The summed E-state index contributed by atoms with van der Waals surface area (Å²) in [6.07, 6.45) is -4.50. The van der Waals surface area contributed by atoms with Crippen LogP contribution in [-0.4, -0.2) is 15.9 Å². The molecule has 6 nitrogen and oxygen atoms in total. The Morgan fingerprint density at radius 3 is 2.33 bits per heavy atom. The second kappa shape index (κ2) is 6.57.